The maximum absolute atomic E-state index is 14.2. The number of hydrogen-bond acceptors (Lipinski definition) is 6. The number of aromatic nitrogens is 3. The number of nitrogens with zero attached hydrogens (tertiary/aromatic N) is 3. The molecule has 0 amide bonds. The molecule has 32 heavy (non-hydrogen) atoms. The Morgan fingerprint density at radius 3 is 2.84 bits per heavy atom. The van der Waals surface area contributed by atoms with E-state index < -0.39 is 5.82 Å². The van der Waals surface area contributed by atoms with E-state index in [1.54, 1.807) is 6.20 Å². The monoisotopic (exact) mass is 440 g/mol. The third kappa shape index (κ3) is 4.74. The molecule has 10 heteroatoms. The highest BCUT2D eigenvalue weighted by Crippen LogP contribution is 2.34. The summed E-state index contributed by atoms with van der Waals surface area (Å²) in [5.41, 5.74) is 2.78. The zero-order chi connectivity index (χ0) is 22.5. The van der Waals surface area contributed by atoms with Crippen LogP contribution in [0.15, 0.2) is 47.2 Å². The van der Waals surface area contributed by atoms with Crippen LogP contribution >= 0.6 is 0 Å². The van der Waals surface area contributed by atoms with Crippen molar-refractivity contribution in [2.45, 2.75) is 25.8 Å². The Kier molecular flexibility index (Phi) is 6.39. The fraction of sp³-hybridized carbons (Fsp3) is 0.273. The lowest BCUT2D eigenvalue weighted by atomic mass is 9.80. The number of aromatic amines is 1. The minimum atomic E-state index is -0.553. The molecule has 1 fully saturated rings. The van der Waals surface area contributed by atoms with Crippen LogP contribution in [0.2, 0.25) is 0 Å². The van der Waals surface area contributed by atoms with Gasteiger partial charge in [-0.15, -0.1) is 0 Å². The fourth-order valence-corrected chi connectivity index (χ4v) is 3.73. The Morgan fingerprint density at radius 2 is 2.09 bits per heavy atom. The number of benzene rings is 1. The van der Waals surface area contributed by atoms with Gasteiger partial charge in [-0.1, -0.05) is 6.42 Å². The van der Waals surface area contributed by atoms with Crippen molar-refractivity contribution in [3.05, 3.63) is 59.4 Å². The molecule has 1 aliphatic heterocycles. The minimum Gasteiger partial charge on any atom is -0.483 e. The molecular formula is C22H22F2N6O2. The van der Waals surface area contributed by atoms with Gasteiger partial charge in [-0.25, -0.2) is 13.8 Å². The lowest BCUT2D eigenvalue weighted by Crippen LogP contribution is -2.15. The van der Waals surface area contributed by atoms with Gasteiger partial charge in [-0.05, 0) is 54.2 Å². The lowest BCUT2D eigenvalue weighted by Gasteiger charge is -2.26. The van der Waals surface area contributed by atoms with E-state index in [0.29, 0.717) is 24.8 Å². The molecule has 0 radical (unpaired) electrons. The Balaban J connectivity index is 0.000000775. The van der Waals surface area contributed by atoms with E-state index in [-0.39, 0.29) is 24.1 Å². The van der Waals surface area contributed by atoms with Crippen molar-refractivity contribution >= 4 is 35.0 Å². The number of aliphatic imine (C=N–C) groups is 1. The van der Waals surface area contributed by atoms with Gasteiger partial charge in [-0.2, -0.15) is 4.98 Å². The van der Waals surface area contributed by atoms with E-state index in [9.17, 15) is 8.78 Å². The number of carbonyl (C=O) groups is 1. The van der Waals surface area contributed by atoms with Gasteiger partial charge < -0.3 is 20.7 Å². The van der Waals surface area contributed by atoms with Crippen molar-refractivity contribution in [3.63, 3.8) is 0 Å². The van der Waals surface area contributed by atoms with Crippen molar-refractivity contribution in [2.75, 3.05) is 17.2 Å². The zero-order valence-corrected chi connectivity index (χ0v) is 17.1. The maximum atomic E-state index is 14.2. The number of H-pyrrole nitrogens is 1. The van der Waals surface area contributed by atoms with Crippen molar-refractivity contribution in [3.8, 4) is 0 Å². The molecule has 0 bridgehead atoms. The molecule has 0 unspecified atom stereocenters. The molecule has 2 aromatic heterocycles. The number of anilines is 2. The molecule has 5 rings (SSSR count). The maximum Gasteiger partial charge on any atom is 0.290 e. The molecule has 1 aliphatic carbocycles. The molecule has 166 valence electrons. The Bertz CT molecular complexity index is 1190. The summed E-state index contributed by atoms with van der Waals surface area (Å²) >= 11 is 0. The Hall–Kier alpha value is -3.82. The van der Waals surface area contributed by atoms with Gasteiger partial charge in [0.1, 0.15) is 11.7 Å². The first-order valence-electron chi connectivity index (χ1n) is 10.2. The molecule has 0 saturated heterocycles. The molecule has 3 aromatic rings. The second kappa shape index (κ2) is 9.54. The van der Waals surface area contributed by atoms with Crippen molar-refractivity contribution in [1.82, 2.24) is 15.0 Å². The van der Waals surface area contributed by atoms with Gasteiger partial charge in [0.2, 0.25) is 5.95 Å². The first-order chi connectivity index (χ1) is 15.6. The molecule has 0 atom stereocenters. The number of halogens is 2. The summed E-state index contributed by atoms with van der Waals surface area (Å²) in [5.74, 6) is 0.675. The molecule has 3 heterocycles. The summed E-state index contributed by atoms with van der Waals surface area (Å²) in [4.78, 5) is 24.0. The first kappa shape index (κ1) is 21.4. The summed E-state index contributed by atoms with van der Waals surface area (Å²) in [5, 5.41) is 13.8. The van der Waals surface area contributed by atoms with Crippen LogP contribution in [-0.2, 0) is 11.3 Å². The molecule has 8 nitrogen and oxygen atoms in total. The average molecular weight is 440 g/mol. The highest BCUT2D eigenvalue weighted by atomic mass is 19.1. The normalized spacial score (nSPS) is 15.3. The van der Waals surface area contributed by atoms with Crippen LogP contribution in [-0.4, -0.2) is 38.9 Å². The number of amidine groups is 1. The predicted octanol–water partition coefficient (Wildman–Crippen LogP) is 4.10. The van der Waals surface area contributed by atoms with E-state index in [2.05, 4.69) is 30.6 Å². The predicted molar refractivity (Wildman–Crippen MR) is 118 cm³/mol. The van der Waals surface area contributed by atoms with E-state index in [4.69, 9.17) is 9.90 Å². The highest BCUT2D eigenvalue weighted by Gasteiger charge is 2.24. The van der Waals surface area contributed by atoms with Crippen LogP contribution in [0.5, 0.6) is 0 Å². The molecule has 4 N–H and O–H groups in total. The zero-order valence-electron chi connectivity index (χ0n) is 17.1. The summed E-state index contributed by atoms with van der Waals surface area (Å²) in [6.07, 6.45) is 8.55. The van der Waals surface area contributed by atoms with Gasteiger partial charge in [0.05, 0.1) is 12.7 Å². The van der Waals surface area contributed by atoms with Crippen molar-refractivity contribution in [2.24, 2.45) is 10.9 Å². The van der Waals surface area contributed by atoms with Crippen LogP contribution in [0.1, 0.15) is 24.8 Å². The lowest BCUT2D eigenvalue weighted by molar-refractivity contribution is -0.122. The summed E-state index contributed by atoms with van der Waals surface area (Å²) in [6, 6.07) is 4.80. The molecule has 0 spiro atoms. The fourth-order valence-electron chi connectivity index (χ4n) is 3.73. The van der Waals surface area contributed by atoms with Gasteiger partial charge in [-0.3, -0.25) is 9.79 Å². The van der Waals surface area contributed by atoms with Gasteiger partial charge in [0, 0.05) is 23.6 Å². The van der Waals surface area contributed by atoms with Gasteiger partial charge >= 0.3 is 0 Å². The third-order valence-electron chi connectivity index (χ3n) is 5.53. The summed E-state index contributed by atoms with van der Waals surface area (Å²) in [6.45, 7) is 0.723. The smallest absolute Gasteiger partial charge is 0.290 e. The van der Waals surface area contributed by atoms with E-state index in [0.717, 1.165) is 22.7 Å². The van der Waals surface area contributed by atoms with E-state index in [1.165, 1.54) is 37.0 Å². The number of fused-ring (bicyclic) bond motifs is 1. The van der Waals surface area contributed by atoms with Crippen molar-refractivity contribution < 1.29 is 18.7 Å². The van der Waals surface area contributed by atoms with Crippen LogP contribution in [0.3, 0.4) is 0 Å². The van der Waals surface area contributed by atoms with Crippen LogP contribution in [0, 0.1) is 17.6 Å². The Morgan fingerprint density at radius 1 is 1.28 bits per heavy atom. The van der Waals surface area contributed by atoms with Gasteiger partial charge in [0.25, 0.3) is 6.47 Å². The van der Waals surface area contributed by atoms with Gasteiger partial charge in [0.15, 0.2) is 11.6 Å². The second-order valence-electron chi connectivity index (χ2n) is 7.53. The largest absolute Gasteiger partial charge is 0.483 e. The van der Waals surface area contributed by atoms with E-state index in [1.807, 2.05) is 12.1 Å². The van der Waals surface area contributed by atoms with E-state index >= 15 is 0 Å². The standard InChI is InChI=1S/C21H20F2N6.CH2O2/c22-15-6-14(16-4-5-24-18(16)8-15)10-26-21-27-11-17(23)20(29-21)28-19-7-13(9-25-19)12-2-1-3-12;2-1-3/h4-8,11-12,24H,1-3,9-10H2,(H2,25,26,27,28,29);1H,(H,2,3). The second-order valence-corrected chi connectivity index (χ2v) is 7.53. The van der Waals surface area contributed by atoms with Crippen molar-refractivity contribution in [1.29, 1.82) is 0 Å². The van der Waals surface area contributed by atoms with Crippen LogP contribution in [0.25, 0.3) is 10.9 Å². The number of rotatable bonds is 5. The quantitative estimate of drug-likeness (QED) is 0.444. The third-order valence-corrected chi connectivity index (χ3v) is 5.53. The SMILES string of the molecule is Fc1cc(CNc2ncc(F)c(NC3=NCC(C4CCC4)=C3)n2)c2cc[nH]c2c1.O=CO. The topological polar surface area (TPSA) is 115 Å². The van der Waals surface area contributed by atoms with Crippen LogP contribution < -0.4 is 10.6 Å². The Labute approximate surface area is 182 Å². The number of hydrogen-bond donors (Lipinski definition) is 4. The highest BCUT2D eigenvalue weighted by molar-refractivity contribution is 6.05. The average Bonchev–Trinajstić information content (AvgIpc) is 3.37. The van der Waals surface area contributed by atoms with Crippen LogP contribution in [0.4, 0.5) is 20.5 Å². The molecule has 1 aromatic carbocycles. The molecular weight excluding hydrogens is 418 g/mol. The summed E-state index contributed by atoms with van der Waals surface area (Å²) in [7, 11) is 0. The number of carboxylic acid groups (broad SMARTS) is 1. The minimum absolute atomic E-state index is 0.0680. The molecule has 1 saturated carbocycles. The molecule has 2 aliphatic rings. The number of nitrogens with one attached hydrogen (secondary N) is 3. The summed E-state index contributed by atoms with van der Waals surface area (Å²) < 4.78 is 28.0. The first-order valence-corrected chi connectivity index (χ1v) is 10.2.